The van der Waals surface area contributed by atoms with Crippen molar-refractivity contribution >= 4 is 27.3 Å². The normalized spacial score (nSPS) is 17.4. The summed E-state index contributed by atoms with van der Waals surface area (Å²) in [5.41, 5.74) is 1.81. The molecule has 4 rings (SSSR count). The molecule has 158 valence electrons. The quantitative estimate of drug-likeness (QED) is 0.548. The lowest BCUT2D eigenvalue weighted by Gasteiger charge is -2.20. The molecule has 0 bridgehead atoms. The number of benzene rings is 2. The highest BCUT2D eigenvalue weighted by atomic mass is 32.2. The first-order valence-electron chi connectivity index (χ1n) is 10.1. The van der Waals surface area contributed by atoms with E-state index in [9.17, 15) is 23.3 Å². The molecule has 9 heteroatoms. The zero-order chi connectivity index (χ0) is 21.3. The van der Waals surface area contributed by atoms with Gasteiger partial charge in [0.15, 0.2) is 0 Å². The van der Waals surface area contributed by atoms with E-state index in [1.807, 2.05) is 0 Å². The Morgan fingerprint density at radius 1 is 0.933 bits per heavy atom. The Bertz CT molecular complexity index is 1070. The number of carbonyl (C=O) groups excluding carboxylic acids is 1. The van der Waals surface area contributed by atoms with Crippen molar-refractivity contribution in [1.29, 1.82) is 0 Å². The van der Waals surface area contributed by atoms with E-state index >= 15 is 0 Å². The number of nitro benzene ring substituents is 1. The van der Waals surface area contributed by atoms with Gasteiger partial charge in [-0.15, -0.1) is 0 Å². The summed E-state index contributed by atoms with van der Waals surface area (Å²) in [4.78, 5) is 25.2. The molecular weight excluding hydrogens is 406 g/mol. The van der Waals surface area contributed by atoms with Crippen molar-refractivity contribution in [3.63, 3.8) is 0 Å². The Balaban J connectivity index is 1.54. The molecule has 2 aliphatic rings. The first-order valence-corrected chi connectivity index (χ1v) is 11.5. The minimum absolute atomic E-state index is 0.00567. The van der Waals surface area contributed by atoms with Crippen LogP contribution in [0.15, 0.2) is 47.4 Å². The molecule has 0 unspecified atom stereocenters. The molecule has 1 fully saturated rings. The molecule has 30 heavy (non-hydrogen) atoms. The van der Waals surface area contributed by atoms with E-state index in [0.29, 0.717) is 37.3 Å². The molecule has 0 saturated carbocycles. The maximum Gasteiger partial charge on any atom is 0.269 e. The van der Waals surface area contributed by atoms with Gasteiger partial charge in [-0.3, -0.25) is 14.9 Å². The summed E-state index contributed by atoms with van der Waals surface area (Å²) in [6.45, 7) is 1.49. The maximum absolute atomic E-state index is 13.0. The van der Waals surface area contributed by atoms with Crippen molar-refractivity contribution < 1.29 is 18.1 Å². The molecule has 2 aromatic rings. The molecule has 0 atom stereocenters. The van der Waals surface area contributed by atoms with E-state index in [1.54, 1.807) is 11.0 Å². The molecule has 8 nitrogen and oxygen atoms in total. The predicted molar refractivity (Wildman–Crippen MR) is 112 cm³/mol. The summed E-state index contributed by atoms with van der Waals surface area (Å²) in [6.07, 6.45) is 4.36. The van der Waals surface area contributed by atoms with Crippen LogP contribution in [-0.4, -0.2) is 43.2 Å². The van der Waals surface area contributed by atoms with Crippen LogP contribution >= 0.6 is 0 Å². The molecule has 2 aliphatic heterocycles. The molecule has 0 aromatic heterocycles. The fraction of sp³-hybridized carbons (Fsp3) is 0.381. The van der Waals surface area contributed by atoms with E-state index in [4.69, 9.17) is 0 Å². The summed E-state index contributed by atoms with van der Waals surface area (Å²) in [5, 5.41) is 11.0. The average molecular weight is 429 g/mol. The van der Waals surface area contributed by atoms with Crippen LogP contribution in [0.25, 0.3) is 0 Å². The van der Waals surface area contributed by atoms with Crippen LogP contribution in [0.1, 0.15) is 41.6 Å². The van der Waals surface area contributed by atoms with Crippen molar-refractivity contribution in [2.24, 2.45) is 0 Å². The standard InChI is InChI=1S/C21H23N3O5S/c25-21(23-14-11-17-15-18(24(26)27)7-10-20(17)23)16-5-8-19(9-6-16)30(28,29)22-12-3-1-2-4-13-22/h5-10,15H,1-4,11-14H2. The lowest BCUT2D eigenvalue weighted by Crippen LogP contribution is -2.32. The Kier molecular flexibility index (Phi) is 5.57. The highest BCUT2D eigenvalue weighted by molar-refractivity contribution is 7.89. The first kappa shape index (κ1) is 20.5. The number of hydrogen-bond donors (Lipinski definition) is 0. The van der Waals surface area contributed by atoms with Gasteiger partial charge in [0.25, 0.3) is 11.6 Å². The third kappa shape index (κ3) is 3.82. The Hall–Kier alpha value is -2.78. The van der Waals surface area contributed by atoms with E-state index in [-0.39, 0.29) is 16.5 Å². The smallest absolute Gasteiger partial charge is 0.269 e. The Morgan fingerprint density at radius 3 is 2.23 bits per heavy atom. The summed E-state index contributed by atoms with van der Waals surface area (Å²) < 4.78 is 27.3. The molecule has 1 saturated heterocycles. The van der Waals surface area contributed by atoms with E-state index in [0.717, 1.165) is 31.2 Å². The monoisotopic (exact) mass is 429 g/mol. The first-order chi connectivity index (χ1) is 14.4. The molecule has 1 amide bonds. The second-order valence-corrected chi connectivity index (χ2v) is 9.56. The number of amides is 1. The average Bonchev–Trinajstić information content (AvgIpc) is 2.96. The summed E-state index contributed by atoms with van der Waals surface area (Å²) in [5.74, 6) is -0.249. The van der Waals surface area contributed by atoms with Gasteiger partial charge in [-0.25, -0.2) is 8.42 Å². The minimum Gasteiger partial charge on any atom is -0.308 e. The van der Waals surface area contributed by atoms with Gasteiger partial charge in [-0.2, -0.15) is 4.31 Å². The van der Waals surface area contributed by atoms with Crippen molar-refractivity contribution in [2.45, 2.75) is 37.0 Å². The number of anilines is 1. The highest BCUT2D eigenvalue weighted by Gasteiger charge is 2.29. The van der Waals surface area contributed by atoms with Gasteiger partial charge in [0.2, 0.25) is 10.0 Å². The van der Waals surface area contributed by atoms with Crippen LogP contribution in [0.2, 0.25) is 0 Å². The molecule has 2 aromatic carbocycles. The molecule has 2 heterocycles. The van der Waals surface area contributed by atoms with Gasteiger partial charge in [-0.1, -0.05) is 12.8 Å². The topological polar surface area (TPSA) is 101 Å². The van der Waals surface area contributed by atoms with Gasteiger partial charge in [0, 0.05) is 43.0 Å². The third-order valence-corrected chi connectivity index (χ3v) is 7.63. The number of sulfonamides is 1. The minimum atomic E-state index is -3.56. The van der Waals surface area contributed by atoms with Gasteiger partial charge in [-0.05, 0) is 55.2 Å². The summed E-state index contributed by atoms with van der Waals surface area (Å²) in [7, 11) is -3.56. The van der Waals surface area contributed by atoms with Crippen molar-refractivity contribution in [3.8, 4) is 0 Å². The second-order valence-electron chi connectivity index (χ2n) is 7.62. The zero-order valence-electron chi connectivity index (χ0n) is 16.5. The molecule has 0 N–H and O–H groups in total. The highest BCUT2D eigenvalue weighted by Crippen LogP contribution is 2.32. The van der Waals surface area contributed by atoms with Crippen LogP contribution in [0.4, 0.5) is 11.4 Å². The number of hydrogen-bond acceptors (Lipinski definition) is 5. The lowest BCUT2D eigenvalue weighted by atomic mass is 10.1. The summed E-state index contributed by atoms with van der Waals surface area (Å²) >= 11 is 0. The van der Waals surface area contributed by atoms with E-state index in [1.165, 1.54) is 40.7 Å². The predicted octanol–water partition coefficient (Wildman–Crippen LogP) is 3.36. The van der Waals surface area contributed by atoms with E-state index in [2.05, 4.69) is 0 Å². The molecule has 0 radical (unpaired) electrons. The number of carbonyl (C=O) groups is 1. The van der Waals surface area contributed by atoms with Crippen LogP contribution in [0.3, 0.4) is 0 Å². The van der Waals surface area contributed by atoms with Crippen LogP contribution in [0, 0.1) is 10.1 Å². The number of nitro groups is 1. The van der Waals surface area contributed by atoms with Crippen molar-refractivity contribution in [2.75, 3.05) is 24.5 Å². The van der Waals surface area contributed by atoms with Crippen molar-refractivity contribution in [3.05, 3.63) is 63.7 Å². The van der Waals surface area contributed by atoms with Gasteiger partial charge in [0.1, 0.15) is 0 Å². The number of nitrogens with zero attached hydrogens (tertiary/aromatic N) is 3. The van der Waals surface area contributed by atoms with Gasteiger partial charge < -0.3 is 4.90 Å². The van der Waals surface area contributed by atoms with Gasteiger partial charge >= 0.3 is 0 Å². The van der Waals surface area contributed by atoms with Crippen molar-refractivity contribution in [1.82, 2.24) is 4.31 Å². The third-order valence-electron chi connectivity index (χ3n) is 5.72. The second kappa shape index (κ2) is 8.16. The van der Waals surface area contributed by atoms with Crippen LogP contribution < -0.4 is 4.90 Å². The van der Waals surface area contributed by atoms with Gasteiger partial charge in [0.05, 0.1) is 9.82 Å². The fourth-order valence-electron chi connectivity index (χ4n) is 4.07. The lowest BCUT2D eigenvalue weighted by molar-refractivity contribution is -0.384. The van der Waals surface area contributed by atoms with Crippen LogP contribution in [-0.2, 0) is 16.4 Å². The van der Waals surface area contributed by atoms with Crippen LogP contribution in [0.5, 0.6) is 0 Å². The summed E-state index contributed by atoms with van der Waals surface area (Å²) in [6, 6.07) is 10.5. The number of rotatable bonds is 4. The zero-order valence-corrected chi connectivity index (χ0v) is 17.3. The SMILES string of the molecule is O=C(c1ccc(S(=O)(=O)N2CCCCCC2)cc1)N1CCc2cc([N+](=O)[O-])ccc21. The molecular formula is C21H23N3O5S. The molecule has 0 spiro atoms. The number of fused-ring (bicyclic) bond motifs is 1. The number of non-ortho nitro benzene ring substituents is 1. The largest absolute Gasteiger partial charge is 0.308 e. The maximum atomic E-state index is 13.0. The van der Waals surface area contributed by atoms with E-state index < -0.39 is 14.9 Å². The Labute approximate surface area is 175 Å². The fourth-order valence-corrected chi connectivity index (χ4v) is 5.59. The molecule has 0 aliphatic carbocycles. The Morgan fingerprint density at radius 2 is 1.60 bits per heavy atom.